The average Bonchev–Trinajstić information content (AvgIpc) is 2.85. The lowest BCUT2D eigenvalue weighted by atomic mass is 10.1. The number of aromatic carboxylic acids is 1. The molecular weight excluding hydrogens is 248 g/mol. The zero-order chi connectivity index (χ0) is 13.0. The minimum absolute atomic E-state index is 0.294. The average molecular weight is 262 g/mol. The molecule has 0 aliphatic rings. The van der Waals surface area contributed by atoms with Crippen molar-refractivity contribution in [2.24, 2.45) is 0 Å². The Balaban J connectivity index is 2.11. The smallest absolute Gasteiger partial charge is 0.346 e. The second kappa shape index (κ2) is 5.69. The van der Waals surface area contributed by atoms with Gasteiger partial charge >= 0.3 is 5.97 Å². The van der Waals surface area contributed by atoms with Crippen LogP contribution in [0.5, 0.6) is 5.75 Å². The Bertz CT molecular complexity index is 545. The van der Waals surface area contributed by atoms with Gasteiger partial charge in [-0.1, -0.05) is 25.1 Å². The topological polar surface area (TPSA) is 46.5 Å². The van der Waals surface area contributed by atoms with Gasteiger partial charge in [-0.25, -0.2) is 4.79 Å². The highest BCUT2D eigenvalue weighted by molar-refractivity contribution is 7.12. The van der Waals surface area contributed by atoms with Crippen molar-refractivity contribution >= 4 is 17.3 Å². The van der Waals surface area contributed by atoms with E-state index in [1.165, 1.54) is 11.3 Å². The molecule has 0 unspecified atom stereocenters. The van der Waals surface area contributed by atoms with E-state index in [9.17, 15) is 4.79 Å². The van der Waals surface area contributed by atoms with Gasteiger partial charge in [0.1, 0.15) is 17.2 Å². The lowest BCUT2D eigenvalue weighted by Crippen LogP contribution is -2.02. The lowest BCUT2D eigenvalue weighted by molar-refractivity contribution is 0.0699. The molecule has 0 bridgehead atoms. The predicted molar refractivity (Wildman–Crippen MR) is 71.4 cm³/mol. The minimum Gasteiger partial charge on any atom is -0.489 e. The van der Waals surface area contributed by atoms with E-state index in [2.05, 4.69) is 6.92 Å². The Labute approximate surface area is 110 Å². The van der Waals surface area contributed by atoms with Crippen LogP contribution in [-0.4, -0.2) is 11.1 Å². The van der Waals surface area contributed by atoms with E-state index in [1.54, 1.807) is 11.4 Å². The summed E-state index contributed by atoms with van der Waals surface area (Å²) in [6.45, 7) is 2.36. The maximum atomic E-state index is 11.0. The fourth-order valence-corrected chi connectivity index (χ4v) is 2.48. The standard InChI is InChI=1S/C14H14O3S/c1-2-10-5-3-4-6-12(10)17-9-11-7-8-18-13(11)14(15)16/h3-8H,2,9H2,1H3,(H,15,16). The van der Waals surface area contributed by atoms with E-state index >= 15 is 0 Å². The number of hydrogen-bond donors (Lipinski definition) is 1. The van der Waals surface area contributed by atoms with Crippen LogP contribution < -0.4 is 4.74 Å². The number of benzene rings is 1. The molecule has 0 spiro atoms. The monoisotopic (exact) mass is 262 g/mol. The molecule has 0 saturated heterocycles. The number of hydrogen-bond acceptors (Lipinski definition) is 3. The molecule has 0 aliphatic heterocycles. The number of para-hydroxylation sites is 1. The van der Waals surface area contributed by atoms with E-state index in [1.807, 2.05) is 24.3 Å². The van der Waals surface area contributed by atoms with Crippen molar-refractivity contribution in [2.75, 3.05) is 0 Å². The molecule has 2 rings (SSSR count). The molecule has 0 amide bonds. The second-order valence-corrected chi connectivity index (χ2v) is 4.75. The van der Waals surface area contributed by atoms with Crippen molar-refractivity contribution in [1.82, 2.24) is 0 Å². The van der Waals surface area contributed by atoms with Crippen molar-refractivity contribution in [3.8, 4) is 5.75 Å². The summed E-state index contributed by atoms with van der Waals surface area (Å²) in [7, 11) is 0. The van der Waals surface area contributed by atoms with E-state index in [4.69, 9.17) is 9.84 Å². The van der Waals surface area contributed by atoms with Gasteiger partial charge < -0.3 is 9.84 Å². The largest absolute Gasteiger partial charge is 0.489 e. The van der Waals surface area contributed by atoms with Crippen molar-refractivity contribution in [3.63, 3.8) is 0 Å². The van der Waals surface area contributed by atoms with Crippen LogP contribution in [0.15, 0.2) is 35.7 Å². The highest BCUT2D eigenvalue weighted by Gasteiger charge is 2.12. The summed E-state index contributed by atoms with van der Waals surface area (Å²) in [6.07, 6.45) is 0.894. The van der Waals surface area contributed by atoms with E-state index in [0.717, 1.165) is 23.3 Å². The fourth-order valence-electron chi connectivity index (χ4n) is 1.73. The first kappa shape index (κ1) is 12.6. The molecular formula is C14H14O3S. The van der Waals surface area contributed by atoms with Crippen molar-refractivity contribution < 1.29 is 14.6 Å². The first-order valence-corrected chi connectivity index (χ1v) is 6.60. The molecule has 94 valence electrons. The highest BCUT2D eigenvalue weighted by atomic mass is 32.1. The summed E-state index contributed by atoms with van der Waals surface area (Å²) in [5, 5.41) is 10.8. The summed E-state index contributed by atoms with van der Waals surface area (Å²) in [4.78, 5) is 11.3. The molecule has 1 aromatic carbocycles. The SMILES string of the molecule is CCc1ccccc1OCc1ccsc1C(=O)O. The Morgan fingerprint density at radius 2 is 2.06 bits per heavy atom. The van der Waals surface area contributed by atoms with Gasteiger partial charge in [0.15, 0.2) is 0 Å². The van der Waals surface area contributed by atoms with Crippen LogP contribution in [-0.2, 0) is 13.0 Å². The predicted octanol–water partition coefficient (Wildman–Crippen LogP) is 3.59. The number of aryl methyl sites for hydroxylation is 1. The van der Waals surface area contributed by atoms with Gasteiger partial charge in [0, 0.05) is 5.56 Å². The Hall–Kier alpha value is -1.81. The van der Waals surface area contributed by atoms with Crippen LogP contribution in [0, 0.1) is 0 Å². The summed E-state index contributed by atoms with van der Waals surface area (Å²) in [5.41, 5.74) is 1.85. The number of carbonyl (C=O) groups is 1. The van der Waals surface area contributed by atoms with Gasteiger partial charge in [-0.3, -0.25) is 0 Å². The van der Waals surface area contributed by atoms with E-state index in [-0.39, 0.29) is 0 Å². The first-order chi connectivity index (χ1) is 8.72. The van der Waals surface area contributed by atoms with Crippen LogP contribution in [0.4, 0.5) is 0 Å². The van der Waals surface area contributed by atoms with Gasteiger partial charge in [0.05, 0.1) is 0 Å². The summed E-state index contributed by atoms with van der Waals surface area (Å²) >= 11 is 1.22. The quantitative estimate of drug-likeness (QED) is 0.895. The number of carboxylic acids is 1. The fraction of sp³-hybridized carbons (Fsp3) is 0.214. The van der Waals surface area contributed by atoms with Gasteiger partial charge in [-0.2, -0.15) is 0 Å². The summed E-state index contributed by atoms with van der Waals surface area (Å²) in [6, 6.07) is 9.61. The molecule has 0 radical (unpaired) electrons. The molecule has 1 N–H and O–H groups in total. The highest BCUT2D eigenvalue weighted by Crippen LogP contribution is 2.22. The van der Waals surface area contributed by atoms with Gasteiger partial charge in [0.2, 0.25) is 0 Å². The molecule has 2 aromatic rings. The molecule has 1 heterocycles. The van der Waals surface area contributed by atoms with Crippen LogP contribution in [0.2, 0.25) is 0 Å². The zero-order valence-electron chi connectivity index (χ0n) is 10.1. The molecule has 1 aromatic heterocycles. The normalized spacial score (nSPS) is 10.3. The molecule has 18 heavy (non-hydrogen) atoms. The molecule has 0 saturated carbocycles. The van der Waals surface area contributed by atoms with Crippen LogP contribution in [0.3, 0.4) is 0 Å². The third-order valence-corrected chi connectivity index (χ3v) is 3.62. The molecule has 4 heteroatoms. The van der Waals surface area contributed by atoms with E-state index in [0.29, 0.717) is 11.5 Å². The lowest BCUT2D eigenvalue weighted by Gasteiger charge is -2.09. The zero-order valence-corrected chi connectivity index (χ0v) is 10.9. The van der Waals surface area contributed by atoms with Crippen molar-refractivity contribution in [3.05, 3.63) is 51.7 Å². The van der Waals surface area contributed by atoms with Crippen molar-refractivity contribution in [1.29, 1.82) is 0 Å². The molecule has 0 atom stereocenters. The minimum atomic E-state index is -0.896. The van der Waals surface area contributed by atoms with Crippen LogP contribution in [0.25, 0.3) is 0 Å². The third kappa shape index (κ3) is 2.71. The maximum Gasteiger partial charge on any atom is 0.346 e. The molecule has 0 aliphatic carbocycles. The number of thiophene rings is 1. The Morgan fingerprint density at radius 3 is 2.78 bits per heavy atom. The maximum absolute atomic E-state index is 11.0. The number of carboxylic acid groups (broad SMARTS) is 1. The summed E-state index contributed by atoms with van der Waals surface area (Å²) in [5.74, 6) is -0.0742. The third-order valence-electron chi connectivity index (χ3n) is 2.68. The van der Waals surface area contributed by atoms with Gasteiger partial charge in [-0.05, 0) is 29.5 Å². The Morgan fingerprint density at radius 1 is 1.28 bits per heavy atom. The number of ether oxygens (including phenoxy) is 1. The van der Waals surface area contributed by atoms with Gasteiger partial charge in [0.25, 0.3) is 0 Å². The van der Waals surface area contributed by atoms with Crippen LogP contribution in [0.1, 0.15) is 27.7 Å². The van der Waals surface area contributed by atoms with Crippen molar-refractivity contribution in [2.45, 2.75) is 20.0 Å². The van der Waals surface area contributed by atoms with Crippen LogP contribution >= 0.6 is 11.3 Å². The Kier molecular flexibility index (Phi) is 3.99. The second-order valence-electron chi connectivity index (χ2n) is 3.83. The summed E-state index contributed by atoms with van der Waals surface area (Å²) < 4.78 is 5.71. The number of rotatable bonds is 5. The molecule has 0 fully saturated rings. The first-order valence-electron chi connectivity index (χ1n) is 5.72. The molecule has 3 nitrogen and oxygen atoms in total. The van der Waals surface area contributed by atoms with Gasteiger partial charge in [-0.15, -0.1) is 11.3 Å². The van der Waals surface area contributed by atoms with E-state index < -0.39 is 5.97 Å².